The van der Waals surface area contributed by atoms with Crippen molar-refractivity contribution in [3.63, 3.8) is 0 Å². The van der Waals surface area contributed by atoms with E-state index in [9.17, 15) is 4.79 Å². The lowest BCUT2D eigenvalue weighted by Crippen LogP contribution is -2.44. The topological polar surface area (TPSA) is 59.6 Å². The third-order valence-electron chi connectivity index (χ3n) is 3.45. The highest BCUT2D eigenvalue weighted by Gasteiger charge is 2.16. The first-order valence-corrected chi connectivity index (χ1v) is 7.93. The van der Waals surface area contributed by atoms with E-state index >= 15 is 0 Å². The van der Waals surface area contributed by atoms with Crippen molar-refractivity contribution in [2.45, 2.75) is 32.9 Å². The second-order valence-electron chi connectivity index (χ2n) is 6.02. The van der Waals surface area contributed by atoms with Crippen LogP contribution in [0.3, 0.4) is 0 Å². The van der Waals surface area contributed by atoms with Gasteiger partial charge < -0.3 is 20.1 Å². The summed E-state index contributed by atoms with van der Waals surface area (Å²) in [6.45, 7) is 7.52. The number of para-hydroxylation sites is 1. The van der Waals surface area contributed by atoms with Crippen LogP contribution in [0.1, 0.15) is 25.8 Å². The van der Waals surface area contributed by atoms with Gasteiger partial charge >= 0.3 is 0 Å². The van der Waals surface area contributed by atoms with Gasteiger partial charge in [0.2, 0.25) is 5.91 Å². The zero-order chi connectivity index (χ0) is 15.8. The molecule has 2 N–H and O–H groups in total. The van der Waals surface area contributed by atoms with Crippen molar-refractivity contribution >= 4 is 18.3 Å². The minimum Gasteiger partial charge on any atom is -0.493 e. The Morgan fingerprint density at radius 3 is 2.91 bits per heavy atom. The lowest BCUT2D eigenvalue weighted by atomic mass is 10.1. The van der Waals surface area contributed by atoms with E-state index in [1.807, 2.05) is 24.3 Å². The fourth-order valence-corrected chi connectivity index (χ4v) is 2.29. The van der Waals surface area contributed by atoms with Crippen LogP contribution in [-0.4, -0.2) is 38.3 Å². The molecule has 0 aliphatic carbocycles. The highest BCUT2D eigenvalue weighted by Crippen LogP contribution is 2.18. The monoisotopic (exact) mass is 342 g/mol. The van der Waals surface area contributed by atoms with Crippen LogP contribution in [0, 0.1) is 5.92 Å². The maximum absolute atomic E-state index is 12.0. The van der Waals surface area contributed by atoms with Gasteiger partial charge in [0.15, 0.2) is 0 Å². The number of morpholine rings is 1. The average molecular weight is 343 g/mol. The predicted octanol–water partition coefficient (Wildman–Crippen LogP) is 2.14. The molecule has 0 saturated carbocycles. The smallest absolute Gasteiger partial charge is 0.221 e. The lowest BCUT2D eigenvalue weighted by molar-refractivity contribution is -0.122. The molecule has 0 bridgehead atoms. The maximum Gasteiger partial charge on any atom is 0.221 e. The number of benzene rings is 1. The second-order valence-corrected chi connectivity index (χ2v) is 6.02. The molecule has 0 aromatic heterocycles. The number of hydrogen-bond donors (Lipinski definition) is 2. The molecule has 1 aliphatic rings. The van der Waals surface area contributed by atoms with Gasteiger partial charge in [-0.2, -0.15) is 0 Å². The summed E-state index contributed by atoms with van der Waals surface area (Å²) in [5.41, 5.74) is 1.00. The van der Waals surface area contributed by atoms with E-state index in [0.29, 0.717) is 32.1 Å². The number of rotatable bonds is 7. The van der Waals surface area contributed by atoms with E-state index in [1.54, 1.807) is 0 Å². The minimum absolute atomic E-state index is 0. The Morgan fingerprint density at radius 2 is 2.22 bits per heavy atom. The molecule has 1 aromatic carbocycles. The Labute approximate surface area is 144 Å². The van der Waals surface area contributed by atoms with Gasteiger partial charge in [-0.15, -0.1) is 12.4 Å². The van der Waals surface area contributed by atoms with Crippen LogP contribution in [0.5, 0.6) is 5.75 Å². The molecular formula is C17H27ClN2O3. The number of hydrogen-bond acceptors (Lipinski definition) is 4. The van der Waals surface area contributed by atoms with Crippen molar-refractivity contribution < 1.29 is 14.3 Å². The number of carbonyl (C=O) groups excluding carboxylic acids is 1. The first kappa shape index (κ1) is 19.7. The summed E-state index contributed by atoms with van der Waals surface area (Å²) in [7, 11) is 0. The number of halogens is 1. The molecule has 23 heavy (non-hydrogen) atoms. The largest absolute Gasteiger partial charge is 0.493 e. The van der Waals surface area contributed by atoms with Crippen molar-refractivity contribution in [1.82, 2.24) is 10.6 Å². The molecule has 6 heteroatoms. The minimum atomic E-state index is 0. The van der Waals surface area contributed by atoms with Crippen molar-refractivity contribution in [3.05, 3.63) is 29.8 Å². The molecule has 1 saturated heterocycles. The SMILES string of the molecule is CC(C)COc1ccccc1CNC(=O)CC1COCCN1.Cl. The van der Waals surface area contributed by atoms with Gasteiger partial charge in [0.1, 0.15) is 5.75 Å². The van der Waals surface area contributed by atoms with Crippen LogP contribution in [0.4, 0.5) is 0 Å². The van der Waals surface area contributed by atoms with Crippen LogP contribution in [-0.2, 0) is 16.1 Å². The highest BCUT2D eigenvalue weighted by atomic mass is 35.5. The zero-order valence-corrected chi connectivity index (χ0v) is 14.7. The van der Waals surface area contributed by atoms with Crippen molar-refractivity contribution in [1.29, 1.82) is 0 Å². The quantitative estimate of drug-likeness (QED) is 0.797. The highest BCUT2D eigenvalue weighted by molar-refractivity contribution is 5.85. The van der Waals surface area contributed by atoms with Gasteiger partial charge in [0.25, 0.3) is 0 Å². The Balaban J connectivity index is 0.00000264. The molecule has 0 spiro atoms. The summed E-state index contributed by atoms with van der Waals surface area (Å²) < 4.78 is 11.2. The van der Waals surface area contributed by atoms with E-state index in [0.717, 1.165) is 24.5 Å². The van der Waals surface area contributed by atoms with E-state index in [-0.39, 0.29) is 24.4 Å². The summed E-state index contributed by atoms with van der Waals surface area (Å²) >= 11 is 0. The molecule has 1 fully saturated rings. The van der Waals surface area contributed by atoms with Gasteiger partial charge in [-0.3, -0.25) is 4.79 Å². The van der Waals surface area contributed by atoms with Gasteiger partial charge in [0, 0.05) is 31.1 Å². The van der Waals surface area contributed by atoms with E-state index < -0.39 is 0 Å². The Bertz CT molecular complexity index is 477. The van der Waals surface area contributed by atoms with Crippen LogP contribution in [0.25, 0.3) is 0 Å². The fourth-order valence-electron chi connectivity index (χ4n) is 2.29. The molecule has 1 amide bonds. The number of nitrogens with one attached hydrogen (secondary N) is 2. The Morgan fingerprint density at radius 1 is 1.43 bits per heavy atom. The van der Waals surface area contributed by atoms with Gasteiger partial charge in [-0.25, -0.2) is 0 Å². The normalized spacial score (nSPS) is 17.4. The molecule has 5 nitrogen and oxygen atoms in total. The summed E-state index contributed by atoms with van der Waals surface area (Å²) in [5.74, 6) is 1.34. The molecule has 1 aromatic rings. The fraction of sp³-hybridized carbons (Fsp3) is 0.588. The average Bonchev–Trinajstić information content (AvgIpc) is 2.52. The summed E-state index contributed by atoms with van der Waals surface area (Å²) in [5, 5.41) is 6.24. The summed E-state index contributed by atoms with van der Waals surface area (Å²) in [4.78, 5) is 12.0. The van der Waals surface area contributed by atoms with E-state index in [1.165, 1.54) is 0 Å². The summed E-state index contributed by atoms with van der Waals surface area (Å²) in [6.07, 6.45) is 0.440. The Hall–Kier alpha value is -1.30. The third kappa shape index (κ3) is 7.20. The van der Waals surface area contributed by atoms with Crippen molar-refractivity contribution in [3.8, 4) is 5.75 Å². The number of ether oxygens (including phenoxy) is 2. The Kier molecular flexibility index (Phi) is 8.99. The van der Waals surface area contributed by atoms with Gasteiger partial charge in [-0.05, 0) is 12.0 Å². The summed E-state index contributed by atoms with van der Waals surface area (Å²) in [6, 6.07) is 7.95. The maximum atomic E-state index is 12.0. The molecule has 1 unspecified atom stereocenters. The molecule has 130 valence electrons. The molecular weight excluding hydrogens is 316 g/mol. The van der Waals surface area contributed by atoms with Crippen molar-refractivity contribution in [2.24, 2.45) is 5.92 Å². The van der Waals surface area contributed by atoms with E-state index in [4.69, 9.17) is 9.47 Å². The van der Waals surface area contributed by atoms with Crippen LogP contribution >= 0.6 is 12.4 Å². The lowest BCUT2D eigenvalue weighted by Gasteiger charge is -2.23. The molecule has 0 radical (unpaired) electrons. The molecule has 1 heterocycles. The standard InChI is InChI=1S/C17H26N2O3.ClH/c1-13(2)11-22-16-6-4-3-5-14(16)10-19-17(20)9-15-12-21-8-7-18-15;/h3-6,13,15,18H,7-12H2,1-2H3,(H,19,20);1H. The van der Waals surface area contributed by atoms with Crippen LogP contribution < -0.4 is 15.4 Å². The van der Waals surface area contributed by atoms with E-state index in [2.05, 4.69) is 24.5 Å². The molecule has 1 atom stereocenters. The van der Waals surface area contributed by atoms with Crippen molar-refractivity contribution in [2.75, 3.05) is 26.4 Å². The first-order valence-electron chi connectivity index (χ1n) is 7.93. The zero-order valence-electron chi connectivity index (χ0n) is 13.8. The third-order valence-corrected chi connectivity index (χ3v) is 3.45. The van der Waals surface area contributed by atoms with Crippen LogP contribution in [0.2, 0.25) is 0 Å². The molecule has 2 rings (SSSR count). The predicted molar refractivity (Wildman–Crippen MR) is 93.1 cm³/mol. The van der Waals surface area contributed by atoms with Crippen LogP contribution in [0.15, 0.2) is 24.3 Å². The molecule has 1 aliphatic heterocycles. The first-order chi connectivity index (χ1) is 10.6. The number of amides is 1. The van der Waals surface area contributed by atoms with Gasteiger partial charge in [-0.1, -0.05) is 32.0 Å². The second kappa shape index (κ2) is 10.5. The van der Waals surface area contributed by atoms with Gasteiger partial charge in [0.05, 0.1) is 19.8 Å². The number of carbonyl (C=O) groups is 1.